The molecule has 5 heteroatoms. The molecular formula is C24H42O5. The van der Waals surface area contributed by atoms with Crippen molar-refractivity contribution >= 4 is 5.97 Å². The van der Waals surface area contributed by atoms with Gasteiger partial charge in [-0.3, -0.25) is 4.79 Å². The summed E-state index contributed by atoms with van der Waals surface area (Å²) >= 11 is 0. The lowest BCUT2D eigenvalue weighted by molar-refractivity contribution is -0.309. The van der Waals surface area contributed by atoms with Crippen LogP contribution in [0.25, 0.3) is 0 Å². The number of ether oxygens (including phenoxy) is 4. The molecule has 168 valence electrons. The highest BCUT2D eigenvalue weighted by molar-refractivity contribution is 5.70. The van der Waals surface area contributed by atoms with Crippen LogP contribution in [0.4, 0.5) is 0 Å². The number of hydrogen-bond acceptors (Lipinski definition) is 5. The summed E-state index contributed by atoms with van der Waals surface area (Å²) in [6.45, 7) is 8.69. The van der Waals surface area contributed by atoms with E-state index in [9.17, 15) is 4.79 Å². The zero-order valence-corrected chi connectivity index (χ0v) is 19.0. The Morgan fingerprint density at radius 2 is 1.76 bits per heavy atom. The van der Waals surface area contributed by atoms with Crippen molar-refractivity contribution in [2.75, 3.05) is 6.61 Å². The second kappa shape index (κ2) is 10.1. The Bertz CT molecular complexity index is 514. The van der Waals surface area contributed by atoms with Gasteiger partial charge < -0.3 is 18.9 Å². The Balaban J connectivity index is 1.42. The molecule has 4 atom stereocenters. The fourth-order valence-corrected chi connectivity index (χ4v) is 5.11. The Morgan fingerprint density at radius 3 is 2.48 bits per heavy atom. The average molecular weight is 411 g/mol. The summed E-state index contributed by atoms with van der Waals surface area (Å²) < 4.78 is 24.4. The average Bonchev–Trinajstić information content (AvgIpc) is 2.61. The lowest BCUT2D eigenvalue weighted by atomic mass is 9.91. The van der Waals surface area contributed by atoms with Gasteiger partial charge in [0, 0.05) is 19.3 Å². The minimum Gasteiger partial charge on any atom is -0.460 e. The topological polar surface area (TPSA) is 54.0 Å². The molecule has 0 aromatic carbocycles. The molecule has 0 radical (unpaired) electrons. The van der Waals surface area contributed by atoms with Crippen LogP contribution in [-0.4, -0.2) is 42.3 Å². The van der Waals surface area contributed by atoms with Crippen LogP contribution in [0.3, 0.4) is 0 Å². The molecular weight excluding hydrogens is 368 g/mol. The Hall–Kier alpha value is -0.650. The lowest BCUT2D eigenvalue weighted by Gasteiger charge is -2.44. The summed E-state index contributed by atoms with van der Waals surface area (Å²) in [4.78, 5) is 12.1. The standard InChI is InChI=1S/C24H42O5/c1-18(16-22(25)29-23(2,3)4)15-19-9-8-10-20(27-19)17-21-11-14-26-24(28-21)12-6-5-7-13-24/h18-21H,5-17H2,1-4H3/t18-,19+,20-,21+/m1/s1. The van der Waals surface area contributed by atoms with Gasteiger partial charge >= 0.3 is 5.97 Å². The van der Waals surface area contributed by atoms with Crippen LogP contribution in [0.15, 0.2) is 0 Å². The molecule has 3 rings (SSSR count). The van der Waals surface area contributed by atoms with E-state index in [4.69, 9.17) is 18.9 Å². The minimum absolute atomic E-state index is 0.106. The smallest absolute Gasteiger partial charge is 0.306 e. The molecule has 1 saturated carbocycles. The van der Waals surface area contributed by atoms with Crippen molar-refractivity contribution in [2.45, 2.75) is 134 Å². The molecule has 2 heterocycles. The van der Waals surface area contributed by atoms with Gasteiger partial charge in [0.15, 0.2) is 5.79 Å². The SMILES string of the molecule is C[C@@H](CC(=O)OC(C)(C)C)C[C@@H]1CCC[C@H](C[C@@H]2CCOC3(CCCCC3)O2)O1. The van der Waals surface area contributed by atoms with E-state index in [0.717, 1.165) is 51.6 Å². The first-order valence-electron chi connectivity index (χ1n) is 11.9. The molecule has 29 heavy (non-hydrogen) atoms. The predicted molar refractivity (Wildman–Crippen MR) is 113 cm³/mol. The predicted octanol–water partition coefficient (Wildman–Crippen LogP) is 5.54. The van der Waals surface area contributed by atoms with Crippen LogP contribution in [0, 0.1) is 5.92 Å². The van der Waals surface area contributed by atoms with E-state index in [1.54, 1.807) is 0 Å². The van der Waals surface area contributed by atoms with Gasteiger partial charge in [-0.1, -0.05) is 13.3 Å². The second-order valence-electron chi connectivity index (χ2n) is 10.5. The van der Waals surface area contributed by atoms with Crippen LogP contribution >= 0.6 is 0 Å². The maximum atomic E-state index is 12.1. The first-order valence-corrected chi connectivity index (χ1v) is 11.9. The maximum absolute atomic E-state index is 12.1. The van der Waals surface area contributed by atoms with Crippen molar-refractivity contribution in [1.29, 1.82) is 0 Å². The van der Waals surface area contributed by atoms with Crippen LogP contribution in [0.5, 0.6) is 0 Å². The van der Waals surface area contributed by atoms with E-state index in [1.807, 2.05) is 20.8 Å². The van der Waals surface area contributed by atoms with E-state index in [2.05, 4.69) is 6.92 Å². The molecule has 0 bridgehead atoms. The normalized spacial score (nSPS) is 31.4. The lowest BCUT2D eigenvalue weighted by Crippen LogP contribution is -2.47. The van der Waals surface area contributed by atoms with Crippen molar-refractivity contribution < 1.29 is 23.7 Å². The highest BCUT2D eigenvalue weighted by Crippen LogP contribution is 2.39. The van der Waals surface area contributed by atoms with Crippen LogP contribution < -0.4 is 0 Å². The number of rotatable bonds is 6. The summed E-state index contributed by atoms with van der Waals surface area (Å²) in [5.41, 5.74) is -0.414. The third-order valence-electron chi connectivity index (χ3n) is 6.37. The Labute approximate surface area is 177 Å². The van der Waals surface area contributed by atoms with Gasteiger partial charge in [0.1, 0.15) is 5.60 Å². The molecule has 5 nitrogen and oxygen atoms in total. The number of hydrogen-bond donors (Lipinski definition) is 0. The van der Waals surface area contributed by atoms with E-state index < -0.39 is 5.60 Å². The Morgan fingerprint density at radius 1 is 1.03 bits per heavy atom. The molecule has 0 aromatic rings. The van der Waals surface area contributed by atoms with Gasteiger partial charge in [0.25, 0.3) is 0 Å². The minimum atomic E-state index is -0.414. The first kappa shape index (κ1) is 23.0. The summed E-state index contributed by atoms with van der Waals surface area (Å²) in [7, 11) is 0. The number of esters is 1. The van der Waals surface area contributed by atoms with Gasteiger partial charge in [-0.25, -0.2) is 0 Å². The summed E-state index contributed by atoms with van der Waals surface area (Å²) in [6, 6.07) is 0. The van der Waals surface area contributed by atoms with Crippen molar-refractivity contribution in [3.05, 3.63) is 0 Å². The number of carbonyl (C=O) groups is 1. The number of carbonyl (C=O) groups excluding carboxylic acids is 1. The molecule has 0 unspecified atom stereocenters. The molecule has 1 spiro atoms. The largest absolute Gasteiger partial charge is 0.460 e. The van der Waals surface area contributed by atoms with E-state index in [-0.39, 0.29) is 36.0 Å². The zero-order chi connectivity index (χ0) is 20.9. The third kappa shape index (κ3) is 7.52. The van der Waals surface area contributed by atoms with Gasteiger partial charge in [-0.15, -0.1) is 0 Å². The van der Waals surface area contributed by atoms with Crippen LogP contribution in [-0.2, 0) is 23.7 Å². The van der Waals surface area contributed by atoms with Gasteiger partial charge in [-0.2, -0.15) is 0 Å². The van der Waals surface area contributed by atoms with Crippen molar-refractivity contribution in [3.63, 3.8) is 0 Å². The molecule has 2 saturated heterocycles. The van der Waals surface area contributed by atoms with Gasteiger partial charge in [0.2, 0.25) is 0 Å². The molecule has 1 aliphatic carbocycles. The van der Waals surface area contributed by atoms with Gasteiger partial charge in [0.05, 0.1) is 24.9 Å². The quantitative estimate of drug-likeness (QED) is 0.538. The summed E-state index contributed by atoms with van der Waals surface area (Å²) in [5, 5.41) is 0. The monoisotopic (exact) mass is 410 g/mol. The van der Waals surface area contributed by atoms with Crippen molar-refractivity contribution in [1.82, 2.24) is 0 Å². The van der Waals surface area contributed by atoms with Crippen LogP contribution in [0.2, 0.25) is 0 Å². The summed E-state index contributed by atoms with van der Waals surface area (Å²) in [5.74, 6) is -0.138. The van der Waals surface area contributed by atoms with Crippen LogP contribution in [0.1, 0.15) is 105 Å². The second-order valence-corrected chi connectivity index (χ2v) is 10.5. The van der Waals surface area contributed by atoms with E-state index in [1.165, 1.54) is 25.7 Å². The molecule has 2 aliphatic heterocycles. The molecule has 3 aliphatic rings. The van der Waals surface area contributed by atoms with Crippen molar-refractivity contribution in [3.8, 4) is 0 Å². The molecule has 0 amide bonds. The van der Waals surface area contributed by atoms with Gasteiger partial charge in [-0.05, 0) is 78.1 Å². The molecule has 0 N–H and O–H groups in total. The fourth-order valence-electron chi connectivity index (χ4n) is 5.11. The Kier molecular flexibility index (Phi) is 8.02. The fraction of sp³-hybridized carbons (Fsp3) is 0.958. The highest BCUT2D eigenvalue weighted by Gasteiger charge is 2.40. The zero-order valence-electron chi connectivity index (χ0n) is 19.0. The first-order chi connectivity index (χ1) is 13.7. The molecule has 0 aromatic heterocycles. The van der Waals surface area contributed by atoms with Crippen molar-refractivity contribution in [2.24, 2.45) is 5.92 Å². The highest BCUT2D eigenvalue weighted by atomic mass is 16.7. The van der Waals surface area contributed by atoms with E-state index in [0.29, 0.717) is 6.42 Å². The third-order valence-corrected chi connectivity index (χ3v) is 6.37. The summed E-state index contributed by atoms with van der Waals surface area (Å²) in [6.07, 6.45) is 13.3. The molecule has 3 fully saturated rings. The maximum Gasteiger partial charge on any atom is 0.306 e. The van der Waals surface area contributed by atoms with E-state index >= 15 is 0 Å².